The van der Waals surface area contributed by atoms with Gasteiger partial charge in [0.25, 0.3) is 5.91 Å². The fourth-order valence-corrected chi connectivity index (χ4v) is 1.75. The second-order valence-corrected chi connectivity index (χ2v) is 3.55. The molecule has 0 aliphatic rings. The van der Waals surface area contributed by atoms with Gasteiger partial charge in [-0.2, -0.15) is 0 Å². The average molecular weight is 219 g/mol. The number of fused-ring (bicyclic) bond motifs is 1. The van der Waals surface area contributed by atoms with E-state index in [-0.39, 0.29) is 11.6 Å². The summed E-state index contributed by atoms with van der Waals surface area (Å²) in [6.45, 7) is 2.42. The molecule has 0 bridgehead atoms. The molecule has 0 aliphatic carbocycles. The highest BCUT2D eigenvalue weighted by Gasteiger charge is 2.13. The van der Waals surface area contributed by atoms with Crippen LogP contribution < -0.4 is 11.0 Å². The van der Waals surface area contributed by atoms with Gasteiger partial charge in [-0.3, -0.25) is 9.36 Å². The van der Waals surface area contributed by atoms with Crippen molar-refractivity contribution in [1.29, 1.82) is 0 Å². The summed E-state index contributed by atoms with van der Waals surface area (Å²) in [6, 6.07) is 5.24. The van der Waals surface area contributed by atoms with Gasteiger partial charge >= 0.3 is 5.69 Å². The zero-order valence-corrected chi connectivity index (χ0v) is 9.20. The van der Waals surface area contributed by atoms with E-state index in [4.69, 9.17) is 0 Å². The van der Waals surface area contributed by atoms with Gasteiger partial charge < -0.3 is 10.3 Å². The second kappa shape index (κ2) is 3.84. The molecule has 0 saturated carbocycles. The molecule has 1 aromatic carbocycles. The first-order valence-electron chi connectivity index (χ1n) is 5.11. The zero-order valence-electron chi connectivity index (χ0n) is 9.20. The molecule has 0 spiro atoms. The average Bonchev–Trinajstić information content (AvgIpc) is 2.55. The number of amides is 1. The summed E-state index contributed by atoms with van der Waals surface area (Å²) in [5, 5.41) is 2.72. The number of rotatable bonds is 2. The smallest absolute Gasteiger partial charge is 0.326 e. The van der Waals surface area contributed by atoms with Crippen LogP contribution in [0.3, 0.4) is 0 Å². The molecule has 0 saturated heterocycles. The number of aromatic nitrogens is 2. The van der Waals surface area contributed by atoms with Crippen molar-refractivity contribution in [1.82, 2.24) is 14.9 Å². The predicted octanol–water partition coefficient (Wildman–Crippen LogP) is 0.616. The van der Waals surface area contributed by atoms with Gasteiger partial charge in [0, 0.05) is 13.6 Å². The second-order valence-electron chi connectivity index (χ2n) is 3.55. The van der Waals surface area contributed by atoms with Gasteiger partial charge in [0.1, 0.15) is 0 Å². The van der Waals surface area contributed by atoms with Gasteiger partial charge in [-0.05, 0) is 19.1 Å². The lowest BCUT2D eigenvalue weighted by atomic mass is 10.1. The fourth-order valence-electron chi connectivity index (χ4n) is 1.75. The van der Waals surface area contributed by atoms with Crippen LogP contribution in [-0.4, -0.2) is 22.0 Å². The van der Waals surface area contributed by atoms with Gasteiger partial charge in [-0.1, -0.05) is 6.07 Å². The normalized spacial score (nSPS) is 10.6. The van der Waals surface area contributed by atoms with E-state index in [2.05, 4.69) is 10.3 Å². The van der Waals surface area contributed by atoms with Crippen LogP contribution in [-0.2, 0) is 7.05 Å². The number of carbonyl (C=O) groups excluding carboxylic acids is 1. The summed E-state index contributed by atoms with van der Waals surface area (Å²) >= 11 is 0. The summed E-state index contributed by atoms with van der Waals surface area (Å²) in [6.07, 6.45) is 0. The van der Waals surface area contributed by atoms with E-state index in [1.807, 2.05) is 6.92 Å². The summed E-state index contributed by atoms with van der Waals surface area (Å²) < 4.78 is 1.44. The molecule has 84 valence electrons. The largest absolute Gasteiger partial charge is 0.352 e. The molecule has 0 radical (unpaired) electrons. The van der Waals surface area contributed by atoms with E-state index in [9.17, 15) is 9.59 Å². The Balaban J connectivity index is 2.70. The zero-order chi connectivity index (χ0) is 11.7. The molecule has 5 heteroatoms. The lowest BCUT2D eigenvalue weighted by Crippen LogP contribution is -2.23. The Morgan fingerprint density at radius 2 is 2.25 bits per heavy atom. The van der Waals surface area contributed by atoms with Crippen molar-refractivity contribution in [2.24, 2.45) is 7.05 Å². The van der Waals surface area contributed by atoms with E-state index in [1.165, 1.54) is 4.57 Å². The van der Waals surface area contributed by atoms with Crippen molar-refractivity contribution in [2.75, 3.05) is 6.54 Å². The van der Waals surface area contributed by atoms with Gasteiger partial charge in [-0.15, -0.1) is 0 Å². The molecular weight excluding hydrogens is 206 g/mol. The van der Waals surface area contributed by atoms with Crippen LogP contribution in [0.15, 0.2) is 23.0 Å². The lowest BCUT2D eigenvalue weighted by molar-refractivity contribution is 0.0957. The molecule has 0 fully saturated rings. The maximum Gasteiger partial charge on any atom is 0.326 e. The van der Waals surface area contributed by atoms with Crippen LogP contribution in [0.1, 0.15) is 17.3 Å². The molecule has 2 N–H and O–H groups in total. The van der Waals surface area contributed by atoms with Crippen molar-refractivity contribution in [3.8, 4) is 0 Å². The Bertz CT molecular complexity index is 595. The molecule has 1 aromatic heterocycles. The number of nitrogens with one attached hydrogen (secondary N) is 2. The summed E-state index contributed by atoms with van der Waals surface area (Å²) in [5.41, 5.74) is 1.61. The molecular formula is C11H13N3O2. The Labute approximate surface area is 92.1 Å². The Hall–Kier alpha value is -2.04. The van der Waals surface area contributed by atoms with Crippen LogP contribution in [0.4, 0.5) is 0 Å². The molecule has 0 unspecified atom stereocenters. The molecule has 16 heavy (non-hydrogen) atoms. The Morgan fingerprint density at radius 1 is 1.50 bits per heavy atom. The number of benzene rings is 1. The summed E-state index contributed by atoms with van der Waals surface area (Å²) in [4.78, 5) is 25.9. The molecule has 2 aromatic rings. The number of hydrogen-bond donors (Lipinski definition) is 2. The number of hydrogen-bond acceptors (Lipinski definition) is 2. The lowest BCUT2D eigenvalue weighted by Gasteiger charge is -2.04. The van der Waals surface area contributed by atoms with Crippen molar-refractivity contribution >= 4 is 16.9 Å². The van der Waals surface area contributed by atoms with Crippen LogP contribution in [0.2, 0.25) is 0 Å². The maximum absolute atomic E-state index is 11.8. The van der Waals surface area contributed by atoms with E-state index in [0.29, 0.717) is 23.1 Å². The first-order valence-corrected chi connectivity index (χ1v) is 5.11. The third-order valence-electron chi connectivity index (χ3n) is 2.50. The summed E-state index contributed by atoms with van der Waals surface area (Å²) in [7, 11) is 1.64. The number of aromatic amines is 1. The Morgan fingerprint density at radius 3 is 2.94 bits per heavy atom. The molecule has 2 rings (SSSR count). The van der Waals surface area contributed by atoms with Crippen molar-refractivity contribution in [3.63, 3.8) is 0 Å². The van der Waals surface area contributed by atoms with Crippen LogP contribution in [0.5, 0.6) is 0 Å². The SMILES string of the molecule is CCNC(=O)c1cccc2[nH]c(=O)n(C)c12. The van der Waals surface area contributed by atoms with Gasteiger partial charge in [0.2, 0.25) is 0 Å². The van der Waals surface area contributed by atoms with E-state index in [0.717, 1.165) is 0 Å². The molecule has 5 nitrogen and oxygen atoms in total. The minimum absolute atomic E-state index is 0.164. The minimum Gasteiger partial charge on any atom is -0.352 e. The molecule has 0 aliphatic heterocycles. The number of nitrogens with zero attached hydrogens (tertiary/aromatic N) is 1. The highest BCUT2D eigenvalue weighted by Crippen LogP contribution is 2.14. The molecule has 1 amide bonds. The van der Waals surface area contributed by atoms with Crippen LogP contribution in [0.25, 0.3) is 11.0 Å². The monoisotopic (exact) mass is 219 g/mol. The number of H-pyrrole nitrogens is 1. The number of para-hydroxylation sites is 1. The standard InChI is InChI=1S/C11H13N3O2/c1-3-12-10(15)7-5-4-6-8-9(7)14(2)11(16)13-8/h4-6H,3H2,1-2H3,(H,12,15)(H,13,16). The van der Waals surface area contributed by atoms with Crippen LogP contribution in [0, 0.1) is 0 Å². The summed E-state index contributed by atoms with van der Waals surface area (Å²) in [5.74, 6) is -0.164. The number of aryl methyl sites for hydroxylation is 1. The van der Waals surface area contributed by atoms with E-state index in [1.54, 1.807) is 25.2 Å². The first kappa shape index (κ1) is 10.5. The minimum atomic E-state index is -0.216. The number of imidazole rings is 1. The fraction of sp³-hybridized carbons (Fsp3) is 0.273. The van der Waals surface area contributed by atoms with Crippen molar-refractivity contribution in [3.05, 3.63) is 34.2 Å². The number of carbonyl (C=O) groups is 1. The van der Waals surface area contributed by atoms with Crippen molar-refractivity contribution < 1.29 is 4.79 Å². The van der Waals surface area contributed by atoms with Gasteiger partial charge in [0.05, 0.1) is 16.6 Å². The Kier molecular flexibility index (Phi) is 2.52. The predicted molar refractivity (Wildman–Crippen MR) is 61.5 cm³/mol. The van der Waals surface area contributed by atoms with Crippen LogP contribution >= 0.6 is 0 Å². The third kappa shape index (κ3) is 1.50. The van der Waals surface area contributed by atoms with Crippen molar-refractivity contribution in [2.45, 2.75) is 6.92 Å². The quantitative estimate of drug-likeness (QED) is 0.777. The molecule has 0 atom stereocenters. The first-order chi connectivity index (χ1) is 7.65. The maximum atomic E-state index is 11.8. The van der Waals surface area contributed by atoms with E-state index >= 15 is 0 Å². The third-order valence-corrected chi connectivity index (χ3v) is 2.50. The van der Waals surface area contributed by atoms with Gasteiger partial charge in [-0.25, -0.2) is 4.79 Å². The molecule has 1 heterocycles. The highest BCUT2D eigenvalue weighted by molar-refractivity contribution is 6.04. The topological polar surface area (TPSA) is 66.9 Å². The van der Waals surface area contributed by atoms with E-state index < -0.39 is 0 Å². The van der Waals surface area contributed by atoms with Gasteiger partial charge in [0.15, 0.2) is 0 Å². The highest BCUT2D eigenvalue weighted by atomic mass is 16.2.